The van der Waals surface area contributed by atoms with Crippen LogP contribution >= 0.6 is 0 Å². The third-order valence-electron chi connectivity index (χ3n) is 3.25. The highest BCUT2D eigenvalue weighted by atomic mass is 16.4. The smallest absolute Gasteiger partial charge is 0.261 e. The molecule has 3 rings (SSSR count). The van der Waals surface area contributed by atoms with E-state index in [1.165, 1.54) is 18.2 Å². The van der Waals surface area contributed by atoms with Crippen molar-refractivity contribution in [3.8, 4) is 0 Å². The van der Waals surface area contributed by atoms with Gasteiger partial charge in [-0.15, -0.1) is 0 Å². The van der Waals surface area contributed by atoms with E-state index >= 15 is 0 Å². The van der Waals surface area contributed by atoms with Crippen molar-refractivity contribution in [3.63, 3.8) is 0 Å². The lowest BCUT2D eigenvalue weighted by atomic mass is 10.1. The van der Waals surface area contributed by atoms with Gasteiger partial charge >= 0.3 is 0 Å². The first-order valence-electron chi connectivity index (χ1n) is 6.19. The molecule has 1 aromatic heterocycles. The Morgan fingerprint density at radius 3 is 2.52 bits per heavy atom. The Morgan fingerprint density at radius 2 is 1.86 bits per heavy atom. The lowest BCUT2D eigenvalue weighted by Crippen LogP contribution is -2.29. The van der Waals surface area contributed by atoms with Crippen LogP contribution in [0.5, 0.6) is 0 Å². The number of carboxylic acid groups (broad SMARTS) is 1. The molecule has 0 saturated carbocycles. The second-order valence-corrected chi connectivity index (χ2v) is 4.57. The minimum Gasteiger partial charge on any atom is -0.545 e. The van der Waals surface area contributed by atoms with Crippen LogP contribution in [0, 0.1) is 0 Å². The monoisotopic (exact) mass is 281 g/mol. The van der Waals surface area contributed by atoms with Gasteiger partial charge < -0.3 is 9.90 Å². The molecular weight excluding hydrogens is 272 g/mol. The van der Waals surface area contributed by atoms with Gasteiger partial charge in [-0.25, -0.2) is 0 Å². The second-order valence-electron chi connectivity index (χ2n) is 4.57. The zero-order valence-corrected chi connectivity index (χ0v) is 10.8. The quantitative estimate of drug-likeness (QED) is 0.752. The van der Waals surface area contributed by atoms with Crippen molar-refractivity contribution in [1.82, 2.24) is 9.88 Å². The molecule has 2 heterocycles. The molecule has 21 heavy (non-hydrogen) atoms. The summed E-state index contributed by atoms with van der Waals surface area (Å²) in [5.41, 5.74) is 0.722. The predicted octanol–water partition coefficient (Wildman–Crippen LogP) is 0.241. The molecule has 104 valence electrons. The Kier molecular flexibility index (Phi) is 2.98. The van der Waals surface area contributed by atoms with E-state index in [1.54, 1.807) is 24.4 Å². The van der Waals surface area contributed by atoms with E-state index in [0.29, 0.717) is 5.69 Å². The summed E-state index contributed by atoms with van der Waals surface area (Å²) in [6.45, 7) is 0.0494. The molecule has 0 spiro atoms. The van der Waals surface area contributed by atoms with E-state index < -0.39 is 17.8 Å². The molecule has 6 heteroatoms. The summed E-state index contributed by atoms with van der Waals surface area (Å²) in [5.74, 6) is -2.37. The molecule has 6 nitrogen and oxygen atoms in total. The summed E-state index contributed by atoms with van der Waals surface area (Å²) in [6, 6.07) is 8.95. The number of nitrogens with zero attached hydrogens (tertiary/aromatic N) is 2. The SMILES string of the molecule is O=C([O-])c1ccc2c(c1)C(=O)N(Cc1ccccn1)C2=O. The number of carbonyl (C=O) groups is 3. The standard InChI is InChI=1S/C15H10N2O4/c18-13-11-5-4-9(15(20)21)7-12(11)14(19)17(13)8-10-3-1-2-6-16-10/h1-7H,8H2,(H,20,21)/p-1. The zero-order chi connectivity index (χ0) is 15.0. The van der Waals surface area contributed by atoms with Crippen molar-refractivity contribution in [2.75, 3.05) is 0 Å². The van der Waals surface area contributed by atoms with Crippen LogP contribution in [0.2, 0.25) is 0 Å². The van der Waals surface area contributed by atoms with Gasteiger partial charge in [0.25, 0.3) is 11.8 Å². The number of aromatic carboxylic acids is 1. The summed E-state index contributed by atoms with van der Waals surface area (Å²) < 4.78 is 0. The van der Waals surface area contributed by atoms with Gasteiger partial charge in [0.1, 0.15) is 0 Å². The fourth-order valence-corrected chi connectivity index (χ4v) is 2.21. The first kappa shape index (κ1) is 13.0. The zero-order valence-electron chi connectivity index (χ0n) is 10.8. The van der Waals surface area contributed by atoms with E-state index in [0.717, 1.165) is 4.90 Å². The Hall–Kier alpha value is -3.02. The number of hydrogen-bond donors (Lipinski definition) is 0. The average Bonchev–Trinajstić information content (AvgIpc) is 2.73. The Labute approximate surface area is 119 Å². The van der Waals surface area contributed by atoms with Crippen molar-refractivity contribution < 1.29 is 19.5 Å². The molecule has 0 unspecified atom stereocenters. The number of aromatic nitrogens is 1. The number of hydrogen-bond acceptors (Lipinski definition) is 5. The average molecular weight is 281 g/mol. The minimum atomic E-state index is -1.39. The van der Waals surface area contributed by atoms with Crippen LogP contribution in [0.3, 0.4) is 0 Å². The predicted molar refractivity (Wildman–Crippen MR) is 69.2 cm³/mol. The van der Waals surface area contributed by atoms with Crippen molar-refractivity contribution in [2.45, 2.75) is 6.54 Å². The molecule has 2 amide bonds. The summed E-state index contributed by atoms with van der Waals surface area (Å²) in [6.07, 6.45) is 1.57. The maximum atomic E-state index is 12.3. The van der Waals surface area contributed by atoms with Gasteiger partial charge in [-0.1, -0.05) is 12.1 Å². The van der Waals surface area contributed by atoms with Gasteiger partial charge in [0.05, 0.1) is 29.3 Å². The summed E-state index contributed by atoms with van der Waals surface area (Å²) in [7, 11) is 0. The number of rotatable bonds is 3. The minimum absolute atomic E-state index is 0.0494. The molecule has 0 atom stereocenters. The Balaban J connectivity index is 1.95. The van der Waals surface area contributed by atoms with Crippen LogP contribution in [0.1, 0.15) is 36.8 Å². The normalized spacial score (nSPS) is 13.4. The molecule has 2 aromatic rings. The molecule has 0 radical (unpaired) electrons. The highest BCUT2D eigenvalue weighted by Crippen LogP contribution is 2.25. The fourth-order valence-electron chi connectivity index (χ4n) is 2.21. The number of benzene rings is 1. The van der Waals surface area contributed by atoms with Crippen molar-refractivity contribution in [2.24, 2.45) is 0 Å². The number of pyridine rings is 1. The lowest BCUT2D eigenvalue weighted by molar-refractivity contribution is -0.255. The van der Waals surface area contributed by atoms with E-state index in [1.807, 2.05) is 0 Å². The van der Waals surface area contributed by atoms with Crippen molar-refractivity contribution in [3.05, 3.63) is 65.0 Å². The van der Waals surface area contributed by atoms with Crippen LogP contribution in [0.4, 0.5) is 0 Å². The van der Waals surface area contributed by atoms with Crippen molar-refractivity contribution in [1.29, 1.82) is 0 Å². The molecule has 0 N–H and O–H groups in total. The van der Waals surface area contributed by atoms with E-state index in [-0.39, 0.29) is 23.2 Å². The molecule has 0 bridgehead atoms. The van der Waals surface area contributed by atoms with E-state index in [2.05, 4.69) is 4.98 Å². The van der Waals surface area contributed by atoms with Crippen LogP contribution in [0.15, 0.2) is 42.6 Å². The summed E-state index contributed by atoms with van der Waals surface area (Å²) in [4.78, 5) is 40.4. The first-order chi connectivity index (χ1) is 10.1. The highest BCUT2D eigenvalue weighted by molar-refractivity contribution is 6.21. The summed E-state index contributed by atoms with van der Waals surface area (Å²) >= 11 is 0. The molecule has 0 fully saturated rings. The van der Waals surface area contributed by atoms with Gasteiger partial charge in [-0.05, 0) is 29.8 Å². The highest BCUT2D eigenvalue weighted by Gasteiger charge is 2.35. The molecule has 1 aromatic carbocycles. The number of carboxylic acids is 1. The topological polar surface area (TPSA) is 90.4 Å². The third-order valence-corrected chi connectivity index (χ3v) is 3.25. The molecular formula is C15H9N2O4-. The number of carbonyl (C=O) groups excluding carboxylic acids is 3. The van der Waals surface area contributed by atoms with Gasteiger partial charge in [0.15, 0.2) is 0 Å². The van der Waals surface area contributed by atoms with Crippen LogP contribution in [-0.2, 0) is 6.54 Å². The molecule has 0 saturated heterocycles. The van der Waals surface area contributed by atoms with Crippen LogP contribution in [-0.4, -0.2) is 27.7 Å². The molecule has 1 aliphatic rings. The largest absolute Gasteiger partial charge is 0.545 e. The molecule has 0 aliphatic carbocycles. The fraction of sp³-hybridized carbons (Fsp3) is 0.0667. The van der Waals surface area contributed by atoms with Gasteiger partial charge in [0.2, 0.25) is 0 Å². The second kappa shape index (κ2) is 4.82. The number of amides is 2. The molecule has 1 aliphatic heterocycles. The summed E-state index contributed by atoms with van der Waals surface area (Å²) in [5, 5.41) is 10.8. The van der Waals surface area contributed by atoms with Crippen molar-refractivity contribution >= 4 is 17.8 Å². The van der Waals surface area contributed by atoms with Gasteiger partial charge in [-0.2, -0.15) is 0 Å². The maximum Gasteiger partial charge on any atom is 0.261 e. The number of imide groups is 1. The Bertz CT molecular complexity index is 756. The maximum absolute atomic E-state index is 12.3. The van der Waals surface area contributed by atoms with Crippen LogP contribution < -0.4 is 5.11 Å². The number of fused-ring (bicyclic) bond motifs is 1. The van der Waals surface area contributed by atoms with E-state index in [9.17, 15) is 19.5 Å². The van der Waals surface area contributed by atoms with Gasteiger partial charge in [-0.3, -0.25) is 19.5 Å². The lowest BCUT2D eigenvalue weighted by Gasteiger charge is -2.12. The Morgan fingerprint density at radius 1 is 1.10 bits per heavy atom. The first-order valence-corrected chi connectivity index (χ1v) is 6.19. The van der Waals surface area contributed by atoms with Gasteiger partial charge in [0, 0.05) is 6.20 Å². The van der Waals surface area contributed by atoms with Crippen LogP contribution in [0.25, 0.3) is 0 Å². The third kappa shape index (κ3) is 2.16. The van der Waals surface area contributed by atoms with E-state index in [4.69, 9.17) is 0 Å².